The average Bonchev–Trinajstić information content (AvgIpc) is 2.40. The highest BCUT2D eigenvalue weighted by Gasteiger charge is 2.32. The third kappa shape index (κ3) is 4.26. The maximum atomic E-state index is 12.3. The molecule has 0 aromatic heterocycles. The minimum atomic E-state index is -4.68. The van der Waals surface area contributed by atoms with Gasteiger partial charge in [-0.2, -0.15) is 0 Å². The van der Waals surface area contributed by atoms with Crippen LogP contribution in [0.1, 0.15) is 20.3 Å². The van der Waals surface area contributed by atoms with Gasteiger partial charge in [-0.05, 0) is 47.5 Å². The van der Waals surface area contributed by atoms with Crippen molar-refractivity contribution in [2.45, 2.75) is 38.7 Å². The van der Waals surface area contributed by atoms with Crippen LogP contribution in [0.2, 0.25) is 0 Å². The standard InChI is InChI=1S/C14H18BrF3N2O/c1-3-10-8-20(9(2)7-19-10)11-4-5-13(12(15)6-11)21-14(16,17)18/h4-6,9-10,19H,3,7-8H2,1-2H3. The zero-order valence-electron chi connectivity index (χ0n) is 11.9. The van der Waals surface area contributed by atoms with E-state index in [4.69, 9.17) is 0 Å². The predicted octanol–water partition coefficient (Wildman–Crippen LogP) is 3.92. The summed E-state index contributed by atoms with van der Waals surface area (Å²) in [4.78, 5) is 2.20. The molecule has 1 fully saturated rings. The zero-order valence-corrected chi connectivity index (χ0v) is 13.5. The Kier molecular flexibility index (Phi) is 5.03. The van der Waals surface area contributed by atoms with E-state index in [-0.39, 0.29) is 11.8 Å². The summed E-state index contributed by atoms with van der Waals surface area (Å²) in [5.41, 5.74) is 0.892. The molecule has 7 heteroatoms. The van der Waals surface area contributed by atoms with Crippen molar-refractivity contribution in [1.82, 2.24) is 5.32 Å². The lowest BCUT2D eigenvalue weighted by atomic mass is 10.1. The van der Waals surface area contributed by atoms with Gasteiger partial charge < -0.3 is 15.0 Å². The quantitative estimate of drug-likeness (QED) is 0.877. The Morgan fingerprint density at radius 2 is 2.14 bits per heavy atom. The van der Waals surface area contributed by atoms with Gasteiger partial charge in [-0.3, -0.25) is 0 Å². The first kappa shape index (κ1) is 16.4. The number of nitrogens with one attached hydrogen (secondary N) is 1. The Hall–Kier alpha value is -0.950. The van der Waals surface area contributed by atoms with Crippen molar-refractivity contribution in [2.24, 2.45) is 0 Å². The van der Waals surface area contributed by atoms with Crippen molar-refractivity contribution >= 4 is 21.6 Å². The second kappa shape index (κ2) is 6.44. The molecule has 2 unspecified atom stereocenters. The zero-order chi connectivity index (χ0) is 15.6. The number of alkyl halides is 3. The summed E-state index contributed by atoms with van der Waals surface area (Å²) < 4.78 is 41.1. The molecule has 2 rings (SSSR count). The molecular weight excluding hydrogens is 349 g/mol. The Morgan fingerprint density at radius 3 is 2.71 bits per heavy atom. The predicted molar refractivity (Wildman–Crippen MR) is 79.7 cm³/mol. The van der Waals surface area contributed by atoms with Gasteiger partial charge in [0, 0.05) is 30.9 Å². The summed E-state index contributed by atoms with van der Waals surface area (Å²) in [6.45, 7) is 5.90. The van der Waals surface area contributed by atoms with Crippen LogP contribution in [0.25, 0.3) is 0 Å². The number of nitrogens with zero attached hydrogens (tertiary/aromatic N) is 1. The van der Waals surface area contributed by atoms with Crippen LogP contribution in [-0.4, -0.2) is 31.5 Å². The maximum Gasteiger partial charge on any atom is 0.573 e. The van der Waals surface area contributed by atoms with Gasteiger partial charge in [-0.15, -0.1) is 13.2 Å². The first-order valence-electron chi connectivity index (χ1n) is 6.85. The van der Waals surface area contributed by atoms with E-state index < -0.39 is 6.36 Å². The summed E-state index contributed by atoms with van der Waals surface area (Å²) in [6.07, 6.45) is -3.67. The van der Waals surface area contributed by atoms with Gasteiger partial charge in [0.25, 0.3) is 0 Å². The highest BCUT2D eigenvalue weighted by Crippen LogP contribution is 2.34. The fraction of sp³-hybridized carbons (Fsp3) is 0.571. The summed E-state index contributed by atoms with van der Waals surface area (Å²) in [5.74, 6) is -0.221. The van der Waals surface area contributed by atoms with Crippen molar-refractivity contribution in [3.63, 3.8) is 0 Å². The van der Waals surface area contributed by atoms with Crippen LogP contribution in [-0.2, 0) is 0 Å². The van der Waals surface area contributed by atoms with Gasteiger partial charge in [0.1, 0.15) is 5.75 Å². The molecule has 1 aromatic rings. The van der Waals surface area contributed by atoms with Crippen LogP contribution in [0.5, 0.6) is 5.75 Å². The molecule has 0 amide bonds. The minimum Gasteiger partial charge on any atom is -0.405 e. The molecule has 1 heterocycles. The van der Waals surface area contributed by atoms with Gasteiger partial charge in [0.05, 0.1) is 4.47 Å². The largest absolute Gasteiger partial charge is 0.573 e. The highest BCUT2D eigenvalue weighted by atomic mass is 79.9. The molecule has 0 spiro atoms. The number of anilines is 1. The van der Waals surface area contributed by atoms with Gasteiger partial charge >= 0.3 is 6.36 Å². The molecule has 2 atom stereocenters. The van der Waals surface area contributed by atoms with E-state index in [1.807, 2.05) is 0 Å². The lowest BCUT2D eigenvalue weighted by molar-refractivity contribution is -0.274. The van der Waals surface area contributed by atoms with Crippen molar-refractivity contribution in [3.8, 4) is 5.75 Å². The van der Waals surface area contributed by atoms with Crippen molar-refractivity contribution in [2.75, 3.05) is 18.0 Å². The van der Waals surface area contributed by atoms with Gasteiger partial charge in [0.15, 0.2) is 0 Å². The molecule has 3 nitrogen and oxygen atoms in total. The second-order valence-electron chi connectivity index (χ2n) is 5.18. The number of ether oxygens (including phenoxy) is 1. The number of hydrogen-bond acceptors (Lipinski definition) is 3. The number of halogens is 4. The molecule has 0 saturated carbocycles. The minimum absolute atomic E-state index is 0.221. The average molecular weight is 367 g/mol. The van der Waals surface area contributed by atoms with Crippen LogP contribution in [0.15, 0.2) is 22.7 Å². The van der Waals surface area contributed by atoms with Crippen LogP contribution >= 0.6 is 15.9 Å². The molecule has 0 aliphatic carbocycles. The fourth-order valence-electron chi connectivity index (χ4n) is 2.44. The topological polar surface area (TPSA) is 24.5 Å². The van der Waals surface area contributed by atoms with Crippen molar-refractivity contribution < 1.29 is 17.9 Å². The highest BCUT2D eigenvalue weighted by molar-refractivity contribution is 9.10. The molecule has 0 radical (unpaired) electrons. The Labute approximate surface area is 130 Å². The number of hydrogen-bond donors (Lipinski definition) is 1. The number of rotatable bonds is 3. The van der Waals surface area contributed by atoms with Crippen molar-refractivity contribution in [1.29, 1.82) is 0 Å². The SMILES string of the molecule is CCC1CN(c2ccc(OC(F)(F)F)c(Br)c2)C(C)CN1. The molecular formula is C14H18BrF3N2O. The van der Waals surface area contributed by atoms with E-state index >= 15 is 0 Å². The first-order valence-corrected chi connectivity index (χ1v) is 7.64. The summed E-state index contributed by atoms with van der Waals surface area (Å²) in [5, 5.41) is 3.45. The monoisotopic (exact) mass is 366 g/mol. The Balaban J connectivity index is 2.18. The summed E-state index contributed by atoms with van der Waals surface area (Å²) >= 11 is 3.15. The molecule has 0 bridgehead atoms. The molecule has 21 heavy (non-hydrogen) atoms. The third-order valence-electron chi connectivity index (χ3n) is 3.62. The van der Waals surface area contributed by atoms with E-state index in [1.54, 1.807) is 12.1 Å². The van der Waals surface area contributed by atoms with Gasteiger partial charge in [-0.25, -0.2) is 0 Å². The molecule has 1 N–H and O–H groups in total. The van der Waals surface area contributed by atoms with Gasteiger partial charge in [0.2, 0.25) is 0 Å². The van der Waals surface area contributed by atoms with Crippen LogP contribution in [0.4, 0.5) is 18.9 Å². The van der Waals surface area contributed by atoms with E-state index in [0.29, 0.717) is 10.5 Å². The summed E-state index contributed by atoms with van der Waals surface area (Å²) in [7, 11) is 0. The van der Waals surface area contributed by atoms with Crippen molar-refractivity contribution in [3.05, 3.63) is 22.7 Å². The number of benzene rings is 1. The van der Waals surface area contributed by atoms with Crippen LogP contribution in [0.3, 0.4) is 0 Å². The lowest BCUT2D eigenvalue weighted by Gasteiger charge is -2.40. The Morgan fingerprint density at radius 1 is 1.43 bits per heavy atom. The van der Waals surface area contributed by atoms with E-state index in [0.717, 1.165) is 25.2 Å². The molecule has 1 aliphatic rings. The molecule has 1 aliphatic heterocycles. The second-order valence-corrected chi connectivity index (χ2v) is 6.03. The smallest absolute Gasteiger partial charge is 0.405 e. The lowest BCUT2D eigenvalue weighted by Crippen LogP contribution is -2.55. The molecule has 118 valence electrons. The van der Waals surface area contributed by atoms with Crippen LogP contribution < -0.4 is 15.0 Å². The first-order chi connectivity index (χ1) is 9.80. The Bertz CT molecular complexity index is 496. The molecule has 1 saturated heterocycles. The van der Waals surface area contributed by atoms with Crippen LogP contribution in [0, 0.1) is 0 Å². The van der Waals surface area contributed by atoms with E-state index in [2.05, 4.69) is 44.7 Å². The maximum absolute atomic E-state index is 12.3. The summed E-state index contributed by atoms with van der Waals surface area (Å²) in [6, 6.07) is 5.37. The fourth-order valence-corrected chi connectivity index (χ4v) is 2.89. The van der Waals surface area contributed by atoms with Gasteiger partial charge in [-0.1, -0.05) is 6.92 Å². The van der Waals surface area contributed by atoms with E-state index in [9.17, 15) is 13.2 Å². The normalized spacial score (nSPS) is 23.2. The molecule has 1 aromatic carbocycles. The third-order valence-corrected chi connectivity index (χ3v) is 4.24. The van der Waals surface area contributed by atoms with E-state index in [1.165, 1.54) is 6.07 Å². The number of piperazine rings is 1.